The lowest BCUT2D eigenvalue weighted by molar-refractivity contribution is 0.502. The zero-order valence-corrected chi connectivity index (χ0v) is 14.6. The van der Waals surface area contributed by atoms with Crippen molar-refractivity contribution in [2.45, 2.75) is 32.6 Å². The van der Waals surface area contributed by atoms with Gasteiger partial charge in [0.1, 0.15) is 0 Å². The number of rotatable bonds is 1. The van der Waals surface area contributed by atoms with Gasteiger partial charge in [0.15, 0.2) is 0 Å². The molecule has 1 aliphatic carbocycles. The van der Waals surface area contributed by atoms with Crippen molar-refractivity contribution in [1.82, 2.24) is 9.55 Å². The normalized spacial score (nSPS) is 14.7. The molecule has 3 aromatic rings. The van der Waals surface area contributed by atoms with Crippen LogP contribution in [0.1, 0.15) is 30.5 Å². The van der Waals surface area contributed by atoms with Crippen molar-refractivity contribution in [3.05, 3.63) is 86.1 Å². The summed E-state index contributed by atoms with van der Waals surface area (Å²) in [6.45, 7) is 6.02. The van der Waals surface area contributed by atoms with Gasteiger partial charge < -0.3 is 4.98 Å². The van der Waals surface area contributed by atoms with Gasteiger partial charge in [0, 0.05) is 16.5 Å². The van der Waals surface area contributed by atoms with Crippen LogP contribution >= 0.6 is 0 Å². The second kappa shape index (κ2) is 5.31. The molecule has 0 atom stereocenters. The molecule has 0 bridgehead atoms. The molecule has 0 fully saturated rings. The first-order chi connectivity index (χ1) is 11.9. The molecule has 0 aliphatic heterocycles. The predicted octanol–water partition coefficient (Wildman–Crippen LogP) is 3.33. The summed E-state index contributed by atoms with van der Waals surface area (Å²) in [6, 6.07) is 15.4. The van der Waals surface area contributed by atoms with Gasteiger partial charge in [0.05, 0.1) is 11.4 Å². The second-order valence-corrected chi connectivity index (χ2v) is 7.33. The third-order valence-corrected chi connectivity index (χ3v) is 5.05. The van der Waals surface area contributed by atoms with Crippen molar-refractivity contribution in [2.24, 2.45) is 0 Å². The van der Waals surface area contributed by atoms with Gasteiger partial charge in [-0.05, 0) is 30.5 Å². The number of aromatic nitrogens is 2. The molecule has 4 heteroatoms. The first-order valence-electron chi connectivity index (χ1n) is 8.44. The van der Waals surface area contributed by atoms with Crippen LogP contribution < -0.4 is 11.2 Å². The molecule has 4 rings (SSSR count). The smallest absolute Gasteiger partial charge is 0.306 e. The zero-order valence-electron chi connectivity index (χ0n) is 14.6. The van der Waals surface area contributed by atoms with Crippen LogP contribution in [0.15, 0.2) is 58.1 Å². The molecule has 1 N–H and O–H groups in total. The highest BCUT2D eigenvalue weighted by Gasteiger charge is 2.35. The molecule has 0 amide bonds. The fourth-order valence-electron chi connectivity index (χ4n) is 3.88. The Labute approximate surface area is 145 Å². The van der Waals surface area contributed by atoms with Gasteiger partial charge in [0.2, 0.25) is 0 Å². The Balaban J connectivity index is 2.12. The minimum atomic E-state index is -0.398. The molecular formula is C21H20N2O2. The molecule has 126 valence electrons. The van der Waals surface area contributed by atoms with E-state index >= 15 is 0 Å². The summed E-state index contributed by atoms with van der Waals surface area (Å²) in [6.07, 6.45) is 0.769. The predicted molar refractivity (Wildman–Crippen MR) is 99.6 cm³/mol. The monoisotopic (exact) mass is 332 g/mol. The summed E-state index contributed by atoms with van der Waals surface area (Å²) in [5.41, 5.74) is 3.98. The van der Waals surface area contributed by atoms with E-state index in [1.165, 1.54) is 4.57 Å². The lowest BCUT2D eigenvalue weighted by Crippen LogP contribution is -2.43. The number of benzene rings is 2. The summed E-state index contributed by atoms with van der Waals surface area (Å²) in [5.74, 6) is 0. The molecule has 2 aromatic carbocycles. The average molecular weight is 332 g/mol. The number of nitrogens with zero attached hydrogens (tertiary/aromatic N) is 1. The Morgan fingerprint density at radius 1 is 1.00 bits per heavy atom. The molecule has 1 heterocycles. The molecule has 1 aromatic heterocycles. The molecule has 0 spiro atoms. The SMILES string of the molecule is Cc1ccccc1-n1c(=O)[nH]c2c(c1=O)C(C)(C)Cc1ccccc1-2. The highest BCUT2D eigenvalue weighted by atomic mass is 16.2. The Morgan fingerprint density at radius 3 is 2.44 bits per heavy atom. The summed E-state index contributed by atoms with van der Waals surface area (Å²) < 4.78 is 1.27. The van der Waals surface area contributed by atoms with E-state index in [-0.39, 0.29) is 11.0 Å². The third-order valence-electron chi connectivity index (χ3n) is 5.05. The van der Waals surface area contributed by atoms with Crippen LogP contribution in [0.4, 0.5) is 0 Å². The van der Waals surface area contributed by atoms with Gasteiger partial charge >= 0.3 is 5.69 Å². The van der Waals surface area contributed by atoms with E-state index in [1.54, 1.807) is 0 Å². The van der Waals surface area contributed by atoms with Gasteiger partial charge in [-0.25, -0.2) is 9.36 Å². The van der Waals surface area contributed by atoms with E-state index < -0.39 is 5.69 Å². The number of hydrogen-bond donors (Lipinski definition) is 1. The van der Waals surface area contributed by atoms with Crippen molar-refractivity contribution in [1.29, 1.82) is 0 Å². The quantitative estimate of drug-likeness (QED) is 0.743. The number of fused-ring (bicyclic) bond motifs is 3. The van der Waals surface area contributed by atoms with Crippen molar-refractivity contribution in [3.8, 4) is 16.9 Å². The molecule has 0 saturated heterocycles. The van der Waals surface area contributed by atoms with Gasteiger partial charge in [-0.3, -0.25) is 4.79 Å². The Hall–Kier alpha value is -2.88. The maximum atomic E-state index is 13.4. The van der Waals surface area contributed by atoms with Crippen LogP contribution in [-0.2, 0) is 11.8 Å². The van der Waals surface area contributed by atoms with Crippen LogP contribution in [0, 0.1) is 6.92 Å². The maximum Gasteiger partial charge on any atom is 0.333 e. The fourth-order valence-corrected chi connectivity index (χ4v) is 3.88. The number of para-hydroxylation sites is 1. The highest BCUT2D eigenvalue weighted by molar-refractivity contribution is 5.71. The Bertz CT molecular complexity index is 1100. The van der Waals surface area contributed by atoms with Crippen molar-refractivity contribution >= 4 is 0 Å². The summed E-state index contributed by atoms with van der Waals surface area (Å²) in [7, 11) is 0. The van der Waals surface area contributed by atoms with Crippen molar-refractivity contribution < 1.29 is 0 Å². The van der Waals surface area contributed by atoms with Gasteiger partial charge in [-0.15, -0.1) is 0 Å². The minimum Gasteiger partial charge on any atom is -0.306 e. The molecular weight excluding hydrogens is 312 g/mol. The summed E-state index contributed by atoms with van der Waals surface area (Å²) in [4.78, 5) is 29.1. The molecule has 0 radical (unpaired) electrons. The first-order valence-corrected chi connectivity index (χ1v) is 8.44. The standard InChI is InChI=1S/C21H20N2O2/c1-13-8-4-7-11-16(13)23-19(24)17-18(22-20(23)25)15-10-6-5-9-14(15)12-21(17,2)3/h4-11H,12H2,1-3H3,(H,22,25). The van der Waals surface area contributed by atoms with E-state index in [4.69, 9.17) is 0 Å². The Morgan fingerprint density at radius 2 is 1.68 bits per heavy atom. The Kier molecular flexibility index (Phi) is 3.32. The largest absolute Gasteiger partial charge is 0.333 e. The topological polar surface area (TPSA) is 54.9 Å². The van der Waals surface area contributed by atoms with Crippen molar-refractivity contribution in [2.75, 3.05) is 0 Å². The van der Waals surface area contributed by atoms with Crippen LogP contribution in [-0.4, -0.2) is 9.55 Å². The number of hydrogen-bond acceptors (Lipinski definition) is 2. The van der Waals surface area contributed by atoms with E-state index in [1.807, 2.05) is 49.4 Å². The summed E-state index contributed by atoms with van der Waals surface area (Å²) in [5, 5.41) is 0. The molecule has 25 heavy (non-hydrogen) atoms. The third kappa shape index (κ3) is 2.29. The molecule has 0 saturated carbocycles. The first kappa shape index (κ1) is 15.6. The number of aromatic amines is 1. The van der Waals surface area contributed by atoms with E-state index in [2.05, 4.69) is 24.9 Å². The number of nitrogens with one attached hydrogen (secondary N) is 1. The maximum absolute atomic E-state index is 13.4. The average Bonchev–Trinajstić information content (AvgIpc) is 2.55. The van der Waals surface area contributed by atoms with Crippen LogP contribution in [0.5, 0.6) is 0 Å². The van der Waals surface area contributed by atoms with E-state index in [0.717, 1.165) is 23.1 Å². The fraction of sp³-hybridized carbons (Fsp3) is 0.238. The summed E-state index contributed by atoms with van der Waals surface area (Å²) >= 11 is 0. The zero-order chi connectivity index (χ0) is 17.8. The van der Waals surface area contributed by atoms with E-state index in [0.29, 0.717) is 16.9 Å². The molecule has 1 aliphatic rings. The second-order valence-electron chi connectivity index (χ2n) is 7.33. The van der Waals surface area contributed by atoms with Gasteiger partial charge in [0.25, 0.3) is 5.56 Å². The highest BCUT2D eigenvalue weighted by Crippen LogP contribution is 2.39. The van der Waals surface area contributed by atoms with Crippen LogP contribution in [0.3, 0.4) is 0 Å². The van der Waals surface area contributed by atoms with Crippen molar-refractivity contribution in [3.63, 3.8) is 0 Å². The molecule has 0 unspecified atom stereocenters. The van der Waals surface area contributed by atoms with Crippen LogP contribution in [0.2, 0.25) is 0 Å². The van der Waals surface area contributed by atoms with Crippen LogP contribution in [0.25, 0.3) is 16.9 Å². The lowest BCUT2D eigenvalue weighted by atomic mass is 9.72. The molecule has 4 nitrogen and oxygen atoms in total. The number of aryl methyl sites for hydroxylation is 1. The minimum absolute atomic E-state index is 0.229. The van der Waals surface area contributed by atoms with Gasteiger partial charge in [-0.2, -0.15) is 0 Å². The number of H-pyrrole nitrogens is 1. The lowest BCUT2D eigenvalue weighted by Gasteiger charge is -2.33. The van der Waals surface area contributed by atoms with E-state index in [9.17, 15) is 9.59 Å². The van der Waals surface area contributed by atoms with Gasteiger partial charge in [-0.1, -0.05) is 56.3 Å².